The molecule has 0 saturated carbocycles. The van der Waals surface area contributed by atoms with E-state index in [1.54, 1.807) is 6.92 Å². The van der Waals surface area contributed by atoms with E-state index in [1.165, 1.54) is 12.4 Å². The van der Waals surface area contributed by atoms with Crippen LogP contribution in [0.25, 0.3) is 11.6 Å². The molecule has 5 nitrogen and oxygen atoms in total. The van der Waals surface area contributed by atoms with Gasteiger partial charge in [0.2, 0.25) is 0 Å². The maximum absolute atomic E-state index is 13.2. The maximum atomic E-state index is 13.2. The van der Waals surface area contributed by atoms with Gasteiger partial charge in [0.25, 0.3) is 0 Å². The Hall–Kier alpha value is -2.09. The number of nitrogens with one attached hydrogen (secondary N) is 1. The summed E-state index contributed by atoms with van der Waals surface area (Å²) >= 11 is 0. The van der Waals surface area contributed by atoms with Crippen molar-refractivity contribution in [1.29, 1.82) is 0 Å². The van der Waals surface area contributed by atoms with Crippen LogP contribution in [0.5, 0.6) is 0 Å². The molecule has 0 amide bonds. The summed E-state index contributed by atoms with van der Waals surface area (Å²) in [5, 5.41) is 3.01. The van der Waals surface area contributed by atoms with Gasteiger partial charge in [-0.15, -0.1) is 0 Å². The summed E-state index contributed by atoms with van der Waals surface area (Å²) in [6.45, 7) is 2.57. The van der Waals surface area contributed by atoms with E-state index in [4.69, 9.17) is 0 Å². The quantitative estimate of drug-likeness (QED) is 0.870. The van der Waals surface area contributed by atoms with Gasteiger partial charge in [0.15, 0.2) is 17.3 Å². The van der Waals surface area contributed by atoms with Crippen molar-refractivity contribution in [1.82, 2.24) is 25.3 Å². The molecule has 0 spiro atoms. The minimum atomic E-state index is -4.51. The Kier molecular flexibility index (Phi) is 3.32. The molecular weight excluding hydrogens is 283 g/mol. The van der Waals surface area contributed by atoms with E-state index in [0.29, 0.717) is 18.8 Å². The summed E-state index contributed by atoms with van der Waals surface area (Å²) in [5.41, 5.74) is 0.461. The van der Waals surface area contributed by atoms with E-state index in [-0.39, 0.29) is 23.6 Å². The molecule has 0 aromatic carbocycles. The van der Waals surface area contributed by atoms with Crippen LogP contribution < -0.4 is 5.32 Å². The Labute approximate surface area is 118 Å². The fourth-order valence-electron chi connectivity index (χ4n) is 2.20. The molecule has 3 rings (SSSR count). The van der Waals surface area contributed by atoms with Crippen molar-refractivity contribution in [2.24, 2.45) is 0 Å². The monoisotopic (exact) mass is 295 g/mol. The molecule has 0 unspecified atom stereocenters. The molecule has 0 atom stereocenters. The van der Waals surface area contributed by atoms with Gasteiger partial charge >= 0.3 is 6.18 Å². The standard InChI is InChI=1S/C13H12F3N5/c1-7-4-18-11(19-5-7)12-20-9-6-17-3-2-8(9)10(21-12)13(14,15)16/h4-5,17H,2-3,6H2,1H3. The van der Waals surface area contributed by atoms with E-state index in [1.807, 2.05) is 0 Å². The van der Waals surface area contributed by atoms with Crippen molar-refractivity contribution in [3.8, 4) is 11.6 Å². The molecule has 1 aliphatic rings. The van der Waals surface area contributed by atoms with Crippen molar-refractivity contribution in [2.45, 2.75) is 26.1 Å². The van der Waals surface area contributed by atoms with E-state index >= 15 is 0 Å². The Morgan fingerprint density at radius 3 is 2.48 bits per heavy atom. The summed E-state index contributed by atoms with van der Waals surface area (Å²) in [7, 11) is 0. The van der Waals surface area contributed by atoms with E-state index in [0.717, 1.165) is 5.56 Å². The highest BCUT2D eigenvalue weighted by molar-refractivity contribution is 5.46. The van der Waals surface area contributed by atoms with Crippen LogP contribution >= 0.6 is 0 Å². The highest BCUT2D eigenvalue weighted by atomic mass is 19.4. The Balaban J connectivity index is 2.16. The number of hydrogen-bond acceptors (Lipinski definition) is 5. The molecule has 8 heteroatoms. The highest BCUT2D eigenvalue weighted by Gasteiger charge is 2.38. The van der Waals surface area contributed by atoms with Gasteiger partial charge in [0, 0.05) is 24.5 Å². The van der Waals surface area contributed by atoms with Gasteiger partial charge in [0.1, 0.15) is 0 Å². The number of alkyl halides is 3. The second-order valence-corrected chi connectivity index (χ2v) is 4.83. The van der Waals surface area contributed by atoms with Gasteiger partial charge in [-0.1, -0.05) is 0 Å². The molecule has 0 bridgehead atoms. The SMILES string of the molecule is Cc1cnc(-c2nc3c(c(C(F)(F)F)n2)CCNC3)nc1. The third kappa shape index (κ3) is 2.71. The molecule has 0 fully saturated rings. The second kappa shape index (κ2) is 5.03. The number of hydrogen-bond donors (Lipinski definition) is 1. The van der Waals surface area contributed by atoms with Crippen LogP contribution in [0.15, 0.2) is 12.4 Å². The summed E-state index contributed by atoms with van der Waals surface area (Å²) in [6.07, 6.45) is -1.20. The molecular formula is C13H12F3N5. The zero-order valence-electron chi connectivity index (χ0n) is 11.2. The van der Waals surface area contributed by atoms with Gasteiger partial charge in [-0.3, -0.25) is 0 Å². The lowest BCUT2D eigenvalue weighted by Gasteiger charge is -2.20. The first kappa shape index (κ1) is 13.9. The van der Waals surface area contributed by atoms with Crippen molar-refractivity contribution in [2.75, 3.05) is 6.54 Å². The lowest BCUT2D eigenvalue weighted by atomic mass is 10.0. The molecule has 0 saturated heterocycles. The van der Waals surface area contributed by atoms with Crippen molar-refractivity contribution >= 4 is 0 Å². The van der Waals surface area contributed by atoms with Crippen molar-refractivity contribution < 1.29 is 13.2 Å². The van der Waals surface area contributed by atoms with Crippen molar-refractivity contribution in [3.05, 3.63) is 34.9 Å². The van der Waals surface area contributed by atoms with Crippen LogP contribution in [0.3, 0.4) is 0 Å². The zero-order chi connectivity index (χ0) is 15.0. The van der Waals surface area contributed by atoms with Gasteiger partial charge < -0.3 is 5.32 Å². The predicted octanol–water partition coefficient (Wildman–Crippen LogP) is 1.91. The minimum Gasteiger partial charge on any atom is -0.311 e. The second-order valence-electron chi connectivity index (χ2n) is 4.83. The Bertz CT molecular complexity index is 667. The number of aromatic nitrogens is 4. The average Bonchev–Trinajstić information content (AvgIpc) is 2.46. The maximum Gasteiger partial charge on any atom is 0.433 e. The van der Waals surface area contributed by atoms with E-state index < -0.39 is 11.9 Å². The normalized spacial score (nSPS) is 14.9. The van der Waals surface area contributed by atoms with Crippen LogP contribution in [-0.2, 0) is 19.1 Å². The Morgan fingerprint density at radius 2 is 1.81 bits per heavy atom. The molecule has 0 radical (unpaired) electrons. The largest absolute Gasteiger partial charge is 0.433 e. The van der Waals surface area contributed by atoms with Gasteiger partial charge in [-0.05, 0) is 25.5 Å². The average molecular weight is 295 g/mol. The fraction of sp³-hybridized carbons (Fsp3) is 0.385. The smallest absolute Gasteiger partial charge is 0.311 e. The molecule has 2 aromatic rings. The molecule has 2 aromatic heterocycles. The van der Waals surface area contributed by atoms with Crippen LogP contribution in [0, 0.1) is 6.92 Å². The molecule has 110 valence electrons. The molecule has 0 aliphatic carbocycles. The topological polar surface area (TPSA) is 63.6 Å². The summed E-state index contributed by atoms with van der Waals surface area (Å²) in [5.74, 6) is 0.00393. The summed E-state index contributed by atoms with van der Waals surface area (Å²) < 4.78 is 39.6. The highest BCUT2D eigenvalue weighted by Crippen LogP contribution is 2.33. The molecule has 1 N–H and O–H groups in total. The van der Waals surface area contributed by atoms with E-state index in [2.05, 4.69) is 25.3 Å². The van der Waals surface area contributed by atoms with Crippen LogP contribution in [0.2, 0.25) is 0 Å². The number of rotatable bonds is 1. The van der Waals surface area contributed by atoms with Gasteiger partial charge in [-0.2, -0.15) is 13.2 Å². The van der Waals surface area contributed by atoms with Crippen LogP contribution in [0.4, 0.5) is 13.2 Å². The van der Waals surface area contributed by atoms with Gasteiger partial charge in [0.05, 0.1) is 5.69 Å². The third-order valence-electron chi connectivity index (χ3n) is 3.19. The summed E-state index contributed by atoms with van der Waals surface area (Å²) in [4.78, 5) is 15.9. The third-order valence-corrected chi connectivity index (χ3v) is 3.19. The molecule has 3 heterocycles. The Morgan fingerprint density at radius 1 is 1.10 bits per heavy atom. The first-order valence-electron chi connectivity index (χ1n) is 6.42. The predicted molar refractivity (Wildman–Crippen MR) is 68.2 cm³/mol. The number of nitrogens with zero attached hydrogens (tertiary/aromatic N) is 4. The van der Waals surface area contributed by atoms with Crippen LogP contribution in [0.1, 0.15) is 22.5 Å². The number of aryl methyl sites for hydroxylation is 1. The minimum absolute atomic E-state index is 0.0928. The van der Waals surface area contributed by atoms with Crippen LogP contribution in [-0.4, -0.2) is 26.5 Å². The number of halogens is 3. The van der Waals surface area contributed by atoms with Gasteiger partial charge in [-0.25, -0.2) is 19.9 Å². The van der Waals surface area contributed by atoms with Crippen molar-refractivity contribution in [3.63, 3.8) is 0 Å². The zero-order valence-corrected chi connectivity index (χ0v) is 11.2. The first-order chi connectivity index (χ1) is 9.95. The lowest BCUT2D eigenvalue weighted by molar-refractivity contribution is -0.142. The fourth-order valence-corrected chi connectivity index (χ4v) is 2.20. The first-order valence-corrected chi connectivity index (χ1v) is 6.42. The summed E-state index contributed by atoms with van der Waals surface area (Å²) in [6, 6.07) is 0. The number of fused-ring (bicyclic) bond motifs is 1. The molecule has 1 aliphatic heterocycles. The lowest BCUT2D eigenvalue weighted by Crippen LogP contribution is -2.29. The van der Waals surface area contributed by atoms with E-state index in [9.17, 15) is 13.2 Å². The molecule has 21 heavy (non-hydrogen) atoms.